The van der Waals surface area contributed by atoms with Crippen molar-refractivity contribution in [2.75, 3.05) is 30.9 Å². The maximum absolute atomic E-state index is 12.1. The van der Waals surface area contributed by atoms with E-state index in [-0.39, 0.29) is 11.3 Å². The van der Waals surface area contributed by atoms with Crippen molar-refractivity contribution in [1.82, 2.24) is 19.7 Å². The van der Waals surface area contributed by atoms with Crippen molar-refractivity contribution >= 4 is 38.3 Å². The highest BCUT2D eigenvalue weighted by molar-refractivity contribution is 7.90. The first-order chi connectivity index (χ1) is 11.3. The lowest BCUT2D eigenvalue weighted by Gasteiger charge is -2.34. The summed E-state index contributed by atoms with van der Waals surface area (Å²) in [6.45, 7) is 5.71. The molecule has 24 heavy (non-hydrogen) atoms. The number of halogens is 1. The molecule has 0 aromatic carbocycles. The fourth-order valence-corrected chi connectivity index (χ4v) is 4.30. The van der Waals surface area contributed by atoms with Crippen LogP contribution in [0.5, 0.6) is 0 Å². The molecular formula is C14H20ClN5O3S. The lowest BCUT2D eigenvalue weighted by atomic mass is 10.2. The van der Waals surface area contributed by atoms with E-state index in [9.17, 15) is 8.42 Å². The first-order valence-corrected chi connectivity index (χ1v) is 10.1. The van der Waals surface area contributed by atoms with Gasteiger partial charge in [0.05, 0.1) is 30.8 Å². The molecule has 0 N–H and O–H groups in total. The summed E-state index contributed by atoms with van der Waals surface area (Å²) >= 11 is 6.11. The smallest absolute Gasteiger partial charge is 0.226 e. The molecule has 1 fully saturated rings. The van der Waals surface area contributed by atoms with Crippen molar-refractivity contribution in [2.45, 2.75) is 31.7 Å². The van der Waals surface area contributed by atoms with Gasteiger partial charge >= 0.3 is 0 Å². The zero-order valence-electron chi connectivity index (χ0n) is 13.8. The molecule has 3 rings (SSSR count). The number of hydrogen-bond acceptors (Lipinski definition) is 7. The maximum Gasteiger partial charge on any atom is 0.226 e. The van der Waals surface area contributed by atoms with Crippen LogP contribution in [-0.4, -0.2) is 60.2 Å². The van der Waals surface area contributed by atoms with Crippen LogP contribution in [0.15, 0.2) is 6.20 Å². The van der Waals surface area contributed by atoms with Crippen LogP contribution < -0.4 is 4.90 Å². The van der Waals surface area contributed by atoms with E-state index in [0.29, 0.717) is 43.0 Å². The van der Waals surface area contributed by atoms with Crippen molar-refractivity contribution in [3.05, 3.63) is 11.5 Å². The summed E-state index contributed by atoms with van der Waals surface area (Å²) in [5, 5.41) is 4.25. The van der Waals surface area contributed by atoms with Crippen LogP contribution in [0.25, 0.3) is 11.0 Å². The molecule has 132 valence electrons. The van der Waals surface area contributed by atoms with E-state index >= 15 is 0 Å². The van der Waals surface area contributed by atoms with Crippen molar-refractivity contribution in [3.63, 3.8) is 0 Å². The van der Waals surface area contributed by atoms with E-state index in [1.165, 1.54) is 10.9 Å². The standard InChI is InChI=1S/C14H20ClN5O3S/c1-4-11(24(3,21)22)20-13-10(7-16-20)12(17-14(15)18-13)19-5-6-23-8-9(19)2/h7,9,11H,4-6,8H2,1-3H3/t9-,11?/m1/s1. The van der Waals surface area contributed by atoms with Gasteiger partial charge in [-0.2, -0.15) is 15.1 Å². The van der Waals surface area contributed by atoms with E-state index in [0.717, 1.165) is 0 Å². The van der Waals surface area contributed by atoms with E-state index in [1.807, 2.05) is 6.92 Å². The minimum atomic E-state index is -3.33. The second kappa shape index (κ2) is 6.45. The van der Waals surface area contributed by atoms with Crippen molar-refractivity contribution in [2.24, 2.45) is 0 Å². The molecule has 10 heteroatoms. The van der Waals surface area contributed by atoms with Crippen LogP contribution in [0.1, 0.15) is 25.6 Å². The zero-order valence-corrected chi connectivity index (χ0v) is 15.4. The second-order valence-corrected chi connectivity index (χ2v) is 8.49. The van der Waals surface area contributed by atoms with E-state index in [2.05, 4.69) is 20.0 Å². The quantitative estimate of drug-likeness (QED) is 0.752. The lowest BCUT2D eigenvalue weighted by Crippen LogP contribution is -2.44. The molecule has 0 spiro atoms. The van der Waals surface area contributed by atoms with Crippen LogP contribution in [0.4, 0.5) is 5.82 Å². The lowest BCUT2D eigenvalue weighted by molar-refractivity contribution is 0.0987. The Kier molecular flexibility index (Phi) is 4.67. The minimum Gasteiger partial charge on any atom is -0.377 e. The Balaban J connectivity index is 2.17. The zero-order chi connectivity index (χ0) is 17.5. The number of fused-ring (bicyclic) bond motifs is 1. The third-order valence-corrected chi connectivity index (χ3v) is 5.85. The van der Waals surface area contributed by atoms with Gasteiger partial charge < -0.3 is 9.64 Å². The van der Waals surface area contributed by atoms with E-state index < -0.39 is 15.2 Å². The van der Waals surface area contributed by atoms with Crippen LogP contribution in [0.2, 0.25) is 5.28 Å². The van der Waals surface area contributed by atoms with Gasteiger partial charge in [0, 0.05) is 12.8 Å². The molecule has 2 aromatic rings. The predicted molar refractivity (Wildman–Crippen MR) is 92.1 cm³/mol. The fraction of sp³-hybridized carbons (Fsp3) is 0.643. The first-order valence-electron chi connectivity index (χ1n) is 7.77. The Hall–Kier alpha value is -1.45. The molecular weight excluding hydrogens is 354 g/mol. The summed E-state index contributed by atoms with van der Waals surface area (Å²) in [6, 6.07) is 0.133. The summed E-state index contributed by atoms with van der Waals surface area (Å²) < 4.78 is 31.0. The molecule has 0 radical (unpaired) electrons. The fourth-order valence-electron chi connectivity index (χ4n) is 3.01. The number of aromatic nitrogens is 4. The SMILES string of the molecule is CCC(n1ncc2c(N3CCOC[C@H]3C)nc(Cl)nc21)S(C)(=O)=O. The molecule has 0 bridgehead atoms. The average molecular weight is 374 g/mol. The van der Waals surface area contributed by atoms with E-state index in [4.69, 9.17) is 16.3 Å². The molecule has 1 saturated heterocycles. The minimum absolute atomic E-state index is 0.0706. The van der Waals surface area contributed by atoms with Crippen molar-refractivity contribution in [3.8, 4) is 0 Å². The summed E-state index contributed by atoms with van der Waals surface area (Å²) in [6.07, 6.45) is 3.19. The Labute approximate surface area is 145 Å². The molecule has 1 aliphatic heterocycles. The van der Waals surface area contributed by atoms with Gasteiger partial charge in [0.1, 0.15) is 5.82 Å². The van der Waals surface area contributed by atoms with Crippen LogP contribution in [0, 0.1) is 0 Å². The Morgan fingerprint density at radius 1 is 1.46 bits per heavy atom. The molecule has 3 heterocycles. The largest absolute Gasteiger partial charge is 0.377 e. The van der Waals surface area contributed by atoms with Gasteiger partial charge in [0.25, 0.3) is 0 Å². The highest BCUT2D eigenvalue weighted by Gasteiger charge is 2.28. The highest BCUT2D eigenvalue weighted by Crippen LogP contribution is 2.30. The van der Waals surface area contributed by atoms with Crippen LogP contribution in [-0.2, 0) is 14.6 Å². The molecule has 2 atom stereocenters. The summed E-state index contributed by atoms with van der Waals surface area (Å²) in [7, 11) is -3.33. The number of sulfone groups is 1. The molecule has 0 amide bonds. The molecule has 8 nitrogen and oxygen atoms in total. The number of anilines is 1. The van der Waals surface area contributed by atoms with Crippen LogP contribution in [0.3, 0.4) is 0 Å². The van der Waals surface area contributed by atoms with Gasteiger partial charge in [-0.3, -0.25) is 0 Å². The third-order valence-electron chi connectivity index (χ3n) is 4.16. The van der Waals surface area contributed by atoms with Crippen LogP contribution >= 0.6 is 11.6 Å². The Morgan fingerprint density at radius 2 is 2.21 bits per heavy atom. The number of ether oxygens (including phenoxy) is 1. The van der Waals surface area contributed by atoms with Crippen molar-refractivity contribution in [1.29, 1.82) is 0 Å². The topological polar surface area (TPSA) is 90.2 Å². The Bertz CT molecular complexity index is 853. The second-order valence-electron chi connectivity index (χ2n) is 5.95. The van der Waals surface area contributed by atoms with Gasteiger partial charge in [-0.05, 0) is 24.9 Å². The van der Waals surface area contributed by atoms with Crippen molar-refractivity contribution < 1.29 is 13.2 Å². The van der Waals surface area contributed by atoms with Gasteiger partial charge in [-0.1, -0.05) is 6.92 Å². The van der Waals surface area contributed by atoms with Gasteiger partial charge in [0.2, 0.25) is 5.28 Å². The predicted octanol–water partition coefficient (Wildman–Crippen LogP) is 1.66. The van der Waals surface area contributed by atoms with E-state index in [1.54, 1.807) is 13.1 Å². The summed E-state index contributed by atoms with van der Waals surface area (Å²) in [5.74, 6) is 0.662. The third kappa shape index (κ3) is 3.07. The maximum atomic E-state index is 12.1. The molecule has 2 aromatic heterocycles. The Morgan fingerprint density at radius 3 is 2.83 bits per heavy atom. The number of rotatable bonds is 4. The van der Waals surface area contributed by atoms with Gasteiger partial charge in [0.15, 0.2) is 20.9 Å². The molecule has 1 unspecified atom stereocenters. The van der Waals surface area contributed by atoms with Gasteiger partial charge in [-0.25, -0.2) is 13.1 Å². The molecule has 0 aliphatic carbocycles. The first kappa shape index (κ1) is 17.4. The molecule has 0 saturated carbocycles. The number of nitrogens with zero attached hydrogens (tertiary/aromatic N) is 5. The highest BCUT2D eigenvalue weighted by atomic mass is 35.5. The molecule has 1 aliphatic rings. The number of morpholine rings is 1. The monoisotopic (exact) mass is 373 g/mol. The summed E-state index contributed by atoms with van der Waals surface area (Å²) in [5.41, 5.74) is 0.431. The normalized spacial score (nSPS) is 20.5. The summed E-state index contributed by atoms with van der Waals surface area (Å²) in [4.78, 5) is 10.7. The van der Waals surface area contributed by atoms with Gasteiger partial charge in [-0.15, -0.1) is 0 Å². The average Bonchev–Trinajstić information content (AvgIpc) is 2.90. The number of hydrogen-bond donors (Lipinski definition) is 0.